The fourth-order valence-electron chi connectivity index (χ4n) is 4.80. The van der Waals surface area contributed by atoms with E-state index < -0.39 is 10.0 Å². The number of hydrazone groups is 1. The second-order valence-electron chi connectivity index (χ2n) is 9.20. The number of hydrogen-bond acceptors (Lipinski definition) is 5. The van der Waals surface area contributed by atoms with Crippen molar-refractivity contribution in [2.75, 3.05) is 26.3 Å². The van der Waals surface area contributed by atoms with Crippen molar-refractivity contribution in [1.82, 2.24) is 9.73 Å². The van der Waals surface area contributed by atoms with Crippen molar-refractivity contribution >= 4 is 22.1 Å². The zero-order chi connectivity index (χ0) is 22.1. The minimum Gasteiger partial charge on any atom is -0.379 e. The van der Waals surface area contributed by atoms with E-state index in [0.29, 0.717) is 50.5 Å². The van der Waals surface area contributed by atoms with Crippen LogP contribution in [0.1, 0.15) is 38.7 Å². The molecule has 2 bridgehead atoms. The molecule has 1 aromatic carbocycles. The molecule has 0 radical (unpaired) electrons. The van der Waals surface area contributed by atoms with Gasteiger partial charge in [0, 0.05) is 19.5 Å². The SMILES string of the molecule is CC1(C)C2CC=C(C=NNC(=O)CCc3ccc(S(=O)(=O)N4CCOCC4)cc3)C1C2. The number of fused-ring (bicyclic) bond motifs is 1. The number of carbonyl (C=O) groups excluding carboxylic acids is 1. The second-order valence-corrected chi connectivity index (χ2v) is 11.1. The van der Waals surface area contributed by atoms with Crippen LogP contribution in [0.5, 0.6) is 0 Å². The molecule has 4 aliphatic rings. The fraction of sp³-hybridized carbons (Fsp3) is 0.565. The Balaban J connectivity index is 1.26. The summed E-state index contributed by atoms with van der Waals surface area (Å²) in [6, 6.07) is 6.76. The van der Waals surface area contributed by atoms with Gasteiger partial charge in [0.2, 0.25) is 15.9 Å². The van der Waals surface area contributed by atoms with Gasteiger partial charge in [-0.15, -0.1) is 0 Å². The van der Waals surface area contributed by atoms with E-state index in [0.717, 1.165) is 17.9 Å². The molecule has 2 fully saturated rings. The zero-order valence-electron chi connectivity index (χ0n) is 18.2. The zero-order valence-corrected chi connectivity index (χ0v) is 19.0. The first kappa shape index (κ1) is 22.2. The van der Waals surface area contributed by atoms with Crippen LogP contribution in [0.25, 0.3) is 0 Å². The quantitative estimate of drug-likeness (QED) is 0.516. The third-order valence-corrected chi connectivity index (χ3v) is 9.00. The molecule has 1 aromatic rings. The lowest BCUT2D eigenvalue weighted by Crippen LogP contribution is -2.48. The number of nitrogens with one attached hydrogen (secondary N) is 1. The fourth-order valence-corrected chi connectivity index (χ4v) is 6.21. The summed E-state index contributed by atoms with van der Waals surface area (Å²) in [6.45, 7) is 6.21. The molecule has 0 aromatic heterocycles. The van der Waals surface area contributed by atoms with Gasteiger partial charge >= 0.3 is 0 Å². The number of carbonyl (C=O) groups is 1. The highest BCUT2D eigenvalue weighted by molar-refractivity contribution is 7.89. The van der Waals surface area contributed by atoms with E-state index in [4.69, 9.17) is 4.74 Å². The molecule has 0 spiro atoms. The number of rotatable bonds is 7. The number of nitrogens with zero attached hydrogens (tertiary/aromatic N) is 2. The maximum Gasteiger partial charge on any atom is 0.243 e. The Labute approximate surface area is 184 Å². The van der Waals surface area contributed by atoms with E-state index in [1.165, 1.54) is 16.3 Å². The number of hydrogen-bond donors (Lipinski definition) is 1. The third-order valence-electron chi connectivity index (χ3n) is 7.09. The topological polar surface area (TPSA) is 88.1 Å². The van der Waals surface area contributed by atoms with E-state index in [-0.39, 0.29) is 10.8 Å². The van der Waals surface area contributed by atoms with Crippen LogP contribution < -0.4 is 5.43 Å². The van der Waals surface area contributed by atoms with Crippen LogP contribution in [0, 0.1) is 17.3 Å². The van der Waals surface area contributed by atoms with Crippen molar-refractivity contribution in [2.24, 2.45) is 22.4 Å². The van der Waals surface area contributed by atoms with Gasteiger partial charge in [-0.2, -0.15) is 9.41 Å². The van der Waals surface area contributed by atoms with Crippen LogP contribution >= 0.6 is 0 Å². The molecule has 2 atom stereocenters. The van der Waals surface area contributed by atoms with E-state index in [1.807, 2.05) is 0 Å². The lowest BCUT2D eigenvalue weighted by molar-refractivity contribution is -0.121. The molecular formula is C23H31N3O4S. The van der Waals surface area contributed by atoms with Crippen LogP contribution in [0.2, 0.25) is 0 Å². The van der Waals surface area contributed by atoms with Crippen LogP contribution in [-0.2, 0) is 26.0 Å². The number of sulfonamides is 1. The number of ether oxygens (including phenoxy) is 1. The van der Waals surface area contributed by atoms with Gasteiger partial charge in [0.15, 0.2) is 0 Å². The Morgan fingerprint density at radius 2 is 1.97 bits per heavy atom. The second kappa shape index (κ2) is 8.84. The maximum atomic E-state index is 12.7. The van der Waals surface area contributed by atoms with Gasteiger partial charge in [0.25, 0.3) is 0 Å². The molecule has 1 N–H and O–H groups in total. The largest absolute Gasteiger partial charge is 0.379 e. The number of morpholine rings is 1. The van der Waals surface area contributed by atoms with Crippen molar-refractivity contribution in [3.8, 4) is 0 Å². The molecule has 168 valence electrons. The number of benzene rings is 1. The molecule has 1 saturated heterocycles. The van der Waals surface area contributed by atoms with Crippen molar-refractivity contribution in [2.45, 2.75) is 44.4 Å². The number of aryl methyl sites for hydroxylation is 1. The summed E-state index contributed by atoms with van der Waals surface area (Å²) in [5.74, 6) is 1.17. The molecule has 2 unspecified atom stereocenters. The van der Waals surface area contributed by atoms with E-state index in [9.17, 15) is 13.2 Å². The summed E-state index contributed by atoms with van der Waals surface area (Å²) in [4.78, 5) is 12.4. The molecule has 3 aliphatic carbocycles. The monoisotopic (exact) mass is 445 g/mol. The molecule has 7 nitrogen and oxygen atoms in total. The van der Waals surface area contributed by atoms with Crippen LogP contribution in [0.15, 0.2) is 45.9 Å². The smallest absolute Gasteiger partial charge is 0.243 e. The Morgan fingerprint density at radius 3 is 2.61 bits per heavy atom. The molecule has 1 amide bonds. The lowest BCUT2D eigenvalue weighted by Gasteiger charge is -2.55. The average molecular weight is 446 g/mol. The predicted octanol–water partition coefficient (Wildman–Crippen LogP) is 2.73. The van der Waals surface area contributed by atoms with Gasteiger partial charge in [-0.1, -0.05) is 32.1 Å². The predicted molar refractivity (Wildman–Crippen MR) is 119 cm³/mol. The summed E-state index contributed by atoms with van der Waals surface area (Å²) in [5, 5.41) is 4.16. The van der Waals surface area contributed by atoms with Gasteiger partial charge in [-0.3, -0.25) is 4.79 Å². The van der Waals surface area contributed by atoms with Gasteiger partial charge in [-0.25, -0.2) is 13.8 Å². The third kappa shape index (κ3) is 4.61. The van der Waals surface area contributed by atoms with Crippen LogP contribution in [0.4, 0.5) is 0 Å². The molecule has 8 heteroatoms. The summed E-state index contributed by atoms with van der Waals surface area (Å²) in [5.41, 5.74) is 5.10. The van der Waals surface area contributed by atoms with Crippen molar-refractivity contribution in [3.05, 3.63) is 41.5 Å². The molecule has 5 rings (SSSR count). The first-order chi connectivity index (χ1) is 14.8. The summed E-state index contributed by atoms with van der Waals surface area (Å²) in [7, 11) is -3.49. The van der Waals surface area contributed by atoms with Crippen molar-refractivity contribution in [1.29, 1.82) is 0 Å². The molecular weight excluding hydrogens is 414 g/mol. The highest BCUT2D eigenvalue weighted by Crippen LogP contribution is 2.58. The van der Waals surface area contributed by atoms with Gasteiger partial charge in [0.05, 0.1) is 24.3 Å². The lowest BCUT2D eigenvalue weighted by atomic mass is 9.49. The Morgan fingerprint density at radius 1 is 1.26 bits per heavy atom. The Kier molecular flexibility index (Phi) is 6.32. The Hall–Kier alpha value is -2.03. The highest BCUT2D eigenvalue weighted by Gasteiger charge is 2.50. The first-order valence-electron chi connectivity index (χ1n) is 11.0. The van der Waals surface area contributed by atoms with Gasteiger partial charge in [0.1, 0.15) is 0 Å². The summed E-state index contributed by atoms with van der Waals surface area (Å²) < 4.78 is 32.0. The van der Waals surface area contributed by atoms with Crippen molar-refractivity contribution in [3.63, 3.8) is 0 Å². The molecule has 1 heterocycles. The minimum atomic E-state index is -3.49. The maximum absolute atomic E-state index is 12.7. The van der Waals surface area contributed by atoms with E-state index in [1.54, 1.807) is 30.5 Å². The van der Waals surface area contributed by atoms with Gasteiger partial charge in [-0.05, 0) is 59.8 Å². The number of amides is 1. The minimum absolute atomic E-state index is 0.150. The summed E-state index contributed by atoms with van der Waals surface area (Å²) in [6.07, 6.45) is 7.17. The molecule has 31 heavy (non-hydrogen) atoms. The summed E-state index contributed by atoms with van der Waals surface area (Å²) >= 11 is 0. The van der Waals surface area contributed by atoms with E-state index in [2.05, 4.69) is 30.5 Å². The van der Waals surface area contributed by atoms with E-state index >= 15 is 0 Å². The standard InChI is InChI=1S/C23H31N3O4S/c1-23(2)19-7-6-18(21(23)15-19)16-24-25-22(27)10-5-17-3-8-20(9-4-17)31(28,29)26-11-13-30-14-12-26/h3-4,6,8-9,16,19,21H,5,7,10-15H2,1-2H3,(H,25,27). The normalized spacial score (nSPS) is 25.7. The van der Waals surface area contributed by atoms with Gasteiger partial charge < -0.3 is 4.74 Å². The molecule has 1 saturated carbocycles. The van der Waals surface area contributed by atoms with Crippen molar-refractivity contribution < 1.29 is 17.9 Å². The van der Waals surface area contributed by atoms with Crippen LogP contribution in [-0.4, -0.2) is 51.1 Å². The molecule has 1 aliphatic heterocycles. The first-order valence-corrected chi connectivity index (χ1v) is 12.4. The highest BCUT2D eigenvalue weighted by atomic mass is 32.2. The van der Waals surface area contributed by atoms with Crippen LogP contribution in [0.3, 0.4) is 0 Å². The number of allylic oxidation sites excluding steroid dienone is 2. The average Bonchev–Trinajstić information content (AvgIpc) is 2.78. The Bertz CT molecular complexity index is 977.